The molecule has 0 bridgehead atoms. The number of aryl methyl sites for hydroxylation is 1. The summed E-state index contributed by atoms with van der Waals surface area (Å²) in [5, 5.41) is 0. The van der Waals surface area contributed by atoms with Crippen LogP contribution in [-0.4, -0.2) is 24.5 Å². The summed E-state index contributed by atoms with van der Waals surface area (Å²) in [5.41, 5.74) is 7.87. The Labute approximate surface area is 122 Å². The van der Waals surface area contributed by atoms with Crippen molar-refractivity contribution in [1.82, 2.24) is 4.90 Å². The fraction of sp³-hybridized carbons (Fsp3) is 0.647. The summed E-state index contributed by atoms with van der Waals surface area (Å²) >= 11 is 0. The SMILES string of the molecule is CCC1CCCN(C(CN)c2ccc(F)c(C)c2)CC1. The molecule has 0 spiro atoms. The van der Waals surface area contributed by atoms with Crippen LogP contribution in [0.4, 0.5) is 4.39 Å². The molecular formula is C17H27FN2. The van der Waals surface area contributed by atoms with Crippen molar-refractivity contribution in [2.75, 3.05) is 19.6 Å². The summed E-state index contributed by atoms with van der Waals surface area (Å²) in [6.07, 6.45) is 5.10. The fourth-order valence-electron chi connectivity index (χ4n) is 3.28. The zero-order valence-electron chi connectivity index (χ0n) is 12.7. The third kappa shape index (κ3) is 3.58. The molecule has 112 valence electrons. The molecule has 2 N–H and O–H groups in total. The number of nitrogens with two attached hydrogens (primary N) is 1. The standard InChI is InChI=1S/C17H27FN2/c1-3-14-5-4-9-20(10-8-14)17(12-19)15-6-7-16(18)13(2)11-15/h6-7,11,14,17H,3-5,8-10,12,19H2,1-2H3. The Bertz CT molecular complexity index is 433. The maximum Gasteiger partial charge on any atom is 0.126 e. The number of rotatable bonds is 4. The zero-order chi connectivity index (χ0) is 14.5. The first-order chi connectivity index (χ1) is 9.65. The van der Waals surface area contributed by atoms with Crippen LogP contribution in [0.3, 0.4) is 0 Å². The number of hydrogen-bond donors (Lipinski definition) is 1. The molecule has 0 saturated carbocycles. The van der Waals surface area contributed by atoms with Crippen molar-refractivity contribution in [3.63, 3.8) is 0 Å². The summed E-state index contributed by atoms with van der Waals surface area (Å²) in [4.78, 5) is 2.49. The average Bonchev–Trinajstić information content (AvgIpc) is 2.69. The fourth-order valence-corrected chi connectivity index (χ4v) is 3.28. The molecule has 1 saturated heterocycles. The predicted octanol–water partition coefficient (Wildman–Crippen LogP) is 3.65. The monoisotopic (exact) mass is 278 g/mol. The van der Waals surface area contributed by atoms with E-state index < -0.39 is 0 Å². The molecule has 1 aliphatic rings. The van der Waals surface area contributed by atoms with E-state index in [0.717, 1.165) is 24.6 Å². The quantitative estimate of drug-likeness (QED) is 0.911. The summed E-state index contributed by atoms with van der Waals surface area (Å²) < 4.78 is 13.4. The topological polar surface area (TPSA) is 29.3 Å². The van der Waals surface area contributed by atoms with Crippen molar-refractivity contribution >= 4 is 0 Å². The molecule has 2 nitrogen and oxygen atoms in total. The van der Waals surface area contributed by atoms with Crippen LogP contribution in [0.5, 0.6) is 0 Å². The van der Waals surface area contributed by atoms with E-state index in [2.05, 4.69) is 11.8 Å². The van der Waals surface area contributed by atoms with Gasteiger partial charge >= 0.3 is 0 Å². The summed E-state index contributed by atoms with van der Waals surface area (Å²) in [7, 11) is 0. The molecule has 1 aromatic rings. The Balaban J connectivity index is 2.12. The molecule has 2 unspecified atom stereocenters. The molecule has 0 aliphatic carbocycles. The van der Waals surface area contributed by atoms with Crippen molar-refractivity contribution in [2.45, 2.75) is 45.6 Å². The van der Waals surface area contributed by atoms with E-state index in [0.29, 0.717) is 12.1 Å². The second-order valence-corrected chi connectivity index (χ2v) is 6.00. The lowest BCUT2D eigenvalue weighted by molar-refractivity contribution is 0.206. The third-order valence-corrected chi connectivity index (χ3v) is 4.69. The van der Waals surface area contributed by atoms with Crippen LogP contribution < -0.4 is 5.73 Å². The predicted molar refractivity (Wildman–Crippen MR) is 82.1 cm³/mol. The second kappa shape index (κ2) is 7.19. The molecule has 20 heavy (non-hydrogen) atoms. The summed E-state index contributed by atoms with van der Waals surface area (Å²) in [6.45, 7) is 6.92. The zero-order valence-corrected chi connectivity index (χ0v) is 12.7. The van der Waals surface area contributed by atoms with Gasteiger partial charge in [0.2, 0.25) is 0 Å². The second-order valence-electron chi connectivity index (χ2n) is 6.00. The molecule has 2 rings (SSSR count). The largest absolute Gasteiger partial charge is 0.329 e. The number of nitrogens with zero attached hydrogens (tertiary/aromatic N) is 1. The molecule has 1 fully saturated rings. The third-order valence-electron chi connectivity index (χ3n) is 4.69. The van der Waals surface area contributed by atoms with Crippen LogP contribution in [0.1, 0.15) is 49.8 Å². The van der Waals surface area contributed by atoms with Crippen LogP contribution in [0.25, 0.3) is 0 Å². The van der Waals surface area contributed by atoms with Gasteiger partial charge in [-0.2, -0.15) is 0 Å². The molecule has 1 aromatic carbocycles. The highest BCUT2D eigenvalue weighted by molar-refractivity contribution is 5.27. The van der Waals surface area contributed by atoms with Crippen molar-refractivity contribution in [3.8, 4) is 0 Å². The number of halogens is 1. The molecule has 1 heterocycles. The average molecular weight is 278 g/mol. The van der Waals surface area contributed by atoms with Gasteiger partial charge in [-0.3, -0.25) is 4.90 Å². The van der Waals surface area contributed by atoms with Gasteiger partial charge < -0.3 is 5.73 Å². The minimum absolute atomic E-state index is 0.133. The van der Waals surface area contributed by atoms with Gasteiger partial charge in [-0.15, -0.1) is 0 Å². The molecule has 0 radical (unpaired) electrons. The molecule has 3 heteroatoms. The van der Waals surface area contributed by atoms with E-state index in [-0.39, 0.29) is 11.9 Å². The van der Waals surface area contributed by atoms with Gasteiger partial charge in [0.15, 0.2) is 0 Å². The highest BCUT2D eigenvalue weighted by atomic mass is 19.1. The van der Waals surface area contributed by atoms with Gasteiger partial charge in [0.1, 0.15) is 5.82 Å². The lowest BCUT2D eigenvalue weighted by Crippen LogP contribution is -2.34. The Hall–Kier alpha value is -0.930. The van der Waals surface area contributed by atoms with Crippen molar-refractivity contribution < 1.29 is 4.39 Å². The van der Waals surface area contributed by atoms with Crippen LogP contribution >= 0.6 is 0 Å². The van der Waals surface area contributed by atoms with E-state index in [1.165, 1.54) is 25.7 Å². The maximum atomic E-state index is 13.4. The number of hydrogen-bond acceptors (Lipinski definition) is 2. The lowest BCUT2D eigenvalue weighted by Gasteiger charge is -2.30. The van der Waals surface area contributed by atoms with E-state index >= 15 is 0 Å². The van der Waals surface area contributed by atoms with Crippen molar-refractivity contribution in [2.24, 2.45) is 11.7 Å². The van der Waals surface area contributed by atoms with Crippen LogP contribution in [0, 0.1) is 18.7 Å². The van der Waals surface area contributed by atoms with Gasteiger partial charge in [-0.1, -0.05) is 25.5 Å². The number of benzene rings is 1. The van der Waals surface area contributed by atoms with Gasteiger partial charge in [0.05, 0.1) is 0 Å². The van der Waals surface area contributed by atoms with Gasteiger partial charge in [0.25, 0.3) is 0 Å². The Morgan fingerprint density at radius 1 is 1.35 bits per heavy atom. The van der Waals surface area contributed by atoms with Crippen molar-refractivity contribution in [1.29, 1.82) is 0 Å². The first-order valence-corrected chi connectivity index (χ1v) is 7.85. The number of likely N-dealkylation sites (tertiary alicyclic amines) is 1. The minimum atomic E-state index is -0.133. The first kappa shape index (κ1) is 15.5. The van der Waals surface area contributed by atoms with Crippen LogP contribution in [0.15, 0.2) is 18.2 Å². The van der Waals surface area contributed by atoms with Crippen LogP contribution in [-0.2, 0) is 0 Å². The Kier molecular flexibility index (Phi) is 5.55. The van der Waals surface area contributed by atoms with Crippen LogP contribution in [0.2, 0.25) is 0 Å². The van der Waals surface area contributed by atoms with E-state index in [1.54, 1.807) is 6.07 Å². The Morgan fingerprint density at radius 2 is 2.15 bits per heavy atom. The molecular weight excluding hydrogens is 251 g/mol. The van der Waals surface area contributed by atoms with Gasteiger partial charge in [-0.25, -0.2) is 4.39 Å². The highest BCUT2D eigenvalue weighted by Gasteiger charge is 2.23. The molecule has 0 aromatic heterocycles. The lowest BCUT2D eigenvalue weighted by atomic mass is 9.98. The van der Waals surface area contributed by atoms with Crippen molar-refractivity contribution in [3.05, 3.63) is 35.1 Å². The van der Waals surface area contributed by atoms with E-state index in [1.807, 2.05) is 19.1 Å². The van der Waals surface area contributed by atoms with Gasteiger partial charge in [-0.05, 0) is 62.4 Å². The highest BCUT2D eigenvalue weighted by Crippen LogP contribution is 2.27. The summed E-state index contributed by atoms with van der Waals surface area (Å²) in [6, 6.07) is 5.64. The minimum Gasteiger partial charge on any atom is -0.329 e. The van der Waals surface area contributed by atoms with Gasteiger partial charge in [0, 0.05) is 12.6 Å². The Morgan fingerprint density at radius 3 is 2.80 bits per heavy atom. The normalized spacial score (nSPS) is 22.5. The first-order valence-electron chi connectivity index (χ1n) is 7.85. The van der Waals surface area contributed by atoms with E-state index in [4.69, 9.17) is 5.73 Å². The molecule has 0 amide bonds. The molecule has 1 aliphatic heterocycles. The molecule has 2 atom stereocenters. The smallest absolute Gasteiger partial charge is 0.126 e. The maximum absolute atomic E-state index is 13.4. The van der Waals surface area contributed by atoms with E-state index in [9.17, 15) is 4.39 Å². The summed E-state index contributed by atoms with van der Waals surface area (Å²) in [5.74, 6) is 0.722.